The number of nitrogens with zero attached hydrogens (tertiary/aromatic N) is 1. The number of carbonyl (C=O) groups is 1. The van der Waals surface area contributed by atoms with E-state index in [1.807, 2.05) is 42.5 Å². The van der Waals surface area contributed by atoms with Crippen LogP contribution in [0.1, 0.15) is 16.7 Å². The van der Waals surface area contributed by atoms with Crippen LogP contribution in [0, 0.1) is 11.3 Å². The summed E-state index contributed by atoms with van der Waals surface area (Å²) in [5.41, 5.74) is 3.58. The van der Waals surface area contributed by atoms with Crippen molar-refractivity contribution in [1.82, 2.24) is 0 Å². The van der Waals surface area contributed by atoms with Crippen LogP contribution in [-0.4, -0.2) is 5.91 Å². The molecule has 3 aromatic carbocycles. The molecule has 0 spiro atoms. The molecule has 0 aliphatic rings. The number of nitrogens with one attached hydrogen (secondary N) is 1. The topological polar surface area (TPSA) is 52.9 Å². The van der Waals surface area contributed by atoms with Crippen LogP contribution in [0.5, 0.6) is 0 Å². The highest BCUT2D eigenvalue weighted by molar-refractivity contribution is 9.10. The number of hydrogen-bond acceptors (Lipinski definition) is 2. The van der Waals surface area contributed by atoms with Gasteiger partial charge in [-0.2, -0.15) is 5.26 Å². The summed E-state index contributed by atoms with van der Waals surface area (Å²) in [5.74, 6) is -0.483. The maximum absolute atomic E-state index is 12.4. The standard InChI is InChI=1S/C23H15Br2ClN2O/c24-21-7-2-1-4-16(21)12-17-9-8-15(11-22(17)25)10-18(14-27)23(29)28-20-6-3-5-19(26)13-20/h1-11,13H,12H2,(H,28,29)/b18-10+. The molecule has 0 saturated carbocycles. The Morgan fingerprint density at radius 1 is 1.00 bits per heavy atom. The Labute approximate surface area is 191 Å². The van der Waals surface area contributed by atoms with E-state index in [1.165, 1.54) is 5.56 Å². The Morgan fingerprint density at radius 2 is 1.76 bits per heavy atom. The van der Waals surface area contributed by atoms with E-state index in [0.717, 1.165) is 26.5 Å². The number of amides is 1. The van der Waals surface area contributed by atoms with Gasteiger partial charge in [0.25, 0.3) is 5.91 Å². The predicted molar refractivity (Wildman–Crippen MR) is 125 cm³/mol. The van der Waals surface area contributed by atoms with Crippen LogP contribution in [0.25, 0.3) is 6.08 Å². The highest BCUT2D eigenvalue weighted by Crippen LogP contribution is 2.26. The second-order valence-corrected chi connectivity index (χ2v) is 8.40. The Morgan fingerprint density at radius 3 is 2.45 bits per heavy atom. The Bertz CT molecular complexity index is 1140. The summed E-state index contributed by atoms with van der Waals surface area (Å²) in [6, 6.07) is 22.6. The van der Waals surface area contributed by atoms with E-state index in [2.05, 4.69) is 43.2 Å². The molecular weight excluding hydrogens is 516 g/mol. The van der Waals surface area contributed by atoms with Crippen molar-refractivity contribution in [3.05, 3.63) is 103 Å². The zero-order valence-corrected chi connectivity index (χ0v) is 19.1. The first kappa shape index (κ1) is 21.3. The summed E-state index contributed by atoms with van der Waals surface area (Å²) in [6.45, 7) is 0. The lowest BCUT2D eigenvalue weighted by Gasteiger charge is -2.08. The van der Waals surface area contributed by atoms with Gasteiger partial charge < -0.3 is 5.32 Å². The maximum Gasteiger partial charge on any atom is 0.266 e. The second-order valence-electron chi connectivity index (χ2n) is 6.25. The van der Waals surface area contributed by atoms with Crippen LogP contribution in [0.15, 0.2) is 81.2 Å². The zero-order valence-electron chi connectivity index (χ0n) is 15.1. The summed E-state index contributed by atoms with van der Waals surface area (Å²) in [4.78, 5) is 12.4. The number of benzene rings is 3. The van der Waals surface area contributed by atoms with Gasteiger partial charge in [0.2, 0.25) is 0 Å². The molecule has 0 aliphatic carbocycles. The molecule has 0 unspecified atom stereocenters. The van der Waals surface area contributed by atoms with Crippen molar-refractivity contribution in [3.8, 4) is 6.07 Å². The quantitative estimate of drug-likeness (QED) is 0.285. The van der Waals surface area contributed by atoms with E-state index in [9.17, 15) is 10.1 Å². The van der Waals surface area contributed by atoms with Crippen molar-refractivity contribution in [2.24, 2.45) is 0 Å². The minimum absolute atomic E-state index is 0.00966. The molecule has 0 radical (unpaired) electrons. The third-order valence-corrected chi connectivity index (χ3v) is 5.92. The van der Waals surface area contributed by atoms with Crippen molar-refractivity contribution in [2.75, 3.05) is 5.32 Å². The van der Waals surface area contributed by atoms with E-state index < -0.39 is 5.91 Å². The normalized spacial score (nSPS) is 11.0. The van der Waals surface area contributed by atoms with Crippen molar-refractivity contribution in [3.63, 3.8) is 0 Å². The summed E-state index contributed by atoms with van der Waals surface area (Å²) < 4.78 is 1.97. The lowest BCUT2D eigenvalue weighted by molar-refractivity contribution is -0.112. The monoisotopic (exact) mass is 528 g/mol. The molecular formula is C23H15Br2ClN2O. The summed E-state index contributed by atoms with van der Waals surface area (Å²) >= 11 is 13.1. The van der Waals surface area contributed by atoms with Crippen LogP contribution in [0.4, 0.5) is 5.69 Å². The second kappa shape index (κ2) is 9.89. The average molecular weight is 531 g/mol. The van der Waals surface area contributed by atoms with Gasteiger partial charge in [-0.1, -0.05) is 79.9 Å². The van der Waals surface area contributed by atoms with Gasteiger partial charge in [0.05, 0.1) is 0 Å². The summed E-state index contributed by atoms with van der Waals surface area (Å²) in [6.07, 6.45) is 2.32. The van der Waals surface area contributed by atoms with Crippen LogP contribution in [0.3, 0.4) is 0 Å². The molecule has 0 fully saturated rings. The minimum atomic E-state index is -0.483. The van der Waals surface area contributed by atoms with E-state index in [4.69, 9.17) is 11.6 Å². The van der Waals surface area contributed by atoms with Gasteiger partial charge in [-0.25, -0.2) is 0 Å². The van der Waals surface area contributed by atoms with Crippen LogP contribution in [0.2, 0.25) is 5.02 Å². The van der Waals surface area contributed by atoms with Gasteiger partial charge in [0.1, 0.15) is 11.6 Å². The maximum atomic E-state index is 12.4. The average Bonchev–Trinajstić information content (AvgIpc) is 2.69. The highest BCUT2D eigenvalue weighted by atomic mass is 79.9. The Kier molecular flexibility index (Phi) is 7.27. The van der Waals surface area contributed by atoms with Crippen LogP contribution in [-0.2, 0) is 11.2 Å². The van der Waals surface area contributed by atoms with Gasteiger partial charge in [0.15, 0.2) is 0 Å². The molecule has 1 amide bonds. The molecule has 0 saturated heterocycles. The number of carbonyl (C=O) groups excluding carboxylic acids is 1. The number of halogens is 3. The zero-order chi connectivity index (χ0) is 20.8. The van der Waals surface area contributed by atoms with Crippen LogP contribution >= 0.6 is 43.5 Å². The van der Waals surface area contributed by atoms with E-state index in [0.29, 0.717) is 10.7 Å². The van der Waals surface area contributed by atoms with Gasteiger partial charge in [0, 0.05) is 19.7 Å². The molecule has 0 atom stereocenters. The predicted octanol–water partition coefficient (Wildman–Crippen LogP) is 7.00. The van der Waals surface area contributed by atoms with Crippen molar-refractivity contribution in [1.29, 1.82) is 5.26 Å². The van der Waals surface area contributed by atoms with Gasteiger partial charge in [-0.05, 0) is 59.5 Å². The van der Waals surface area contributed by atoms with Gasteiger partial charge >= 0.3 is 0 Å². The first-order valence-corrected chi connectivity index (χ1v) is 10.6. The molecule has 3 nitrogen and oxygen atoms in total. The van der Waals surface area contributed by atoms with Gasteiger partial charge in [-0.15, -0.1) is 0 Å². The Balaban J connectivity index is 1.79. The number of rotatable bonds is 5. The van der Waals surface area contributed by atoms with E-state index in [1.54, 1.807) is 30.3 Å². The molecule has 144 valence electrons. The fraction of sp³-hybridized carbons (Fsp3) is 0.0435. The molecule has 0 bridgehead atoms. The lowest BCUT2D eigenvalue weighted by Crippen LogP contribution is -2.13. The third kappa shape index (κ3) is 5.80. The molecule has 6 heteroatoms. The fourth-order valence-corrected chi connectivity index (χ4v) is 3.88. The van der Waals surface area contributed by atoms with Gasteiger partial charge in [-0.3, -0.25) is 4.79 Å². The Hall–Kier alpha value is -2.39. The lowest BCUT2D eigenvalue weighted by atomic mass is 10.0. The molecule has 3 rings (SSSR count). The summed E-state index contributed by atoms with van der Waals surface area (Å²) in [5, 5.41) is 12.6. The van der Waals surface area contributed by atoms with Crippen molar-refractivity contribution >= 4 is 61.1 Å². The number of anilines is 1. The first-order valence-electron chi connectivity index (χ1n) is 8.67. The molecule has 1 N–H and O–H groups in total. The highest BCUT2D eigenvalue weighted by Gasteiger charge is 2.11. The molecule has 0 aliphatic heterocycles. The number of nitriles is 1. The van der Waals surface area contributed by atoms with Crippen molar-refractivity contribution in [2.45, 2.75) is 6.42 Å². The van der Waals surface area contributed by atoms with Crippen LogP contribution < -0.4 is 5.32 Å². The minimum Gasteiger partial charge on any atom is -0.321 e. The molecule has 29 heavy (non-hydrogen) atoms. The molecule has 0 aromatic heterocycles. The molecule has 0 heterocycles. The largest absolute Gasteiger partial charge is 0.321 e. The van der Waals surface area contributed by atoms with E-state index >= 15 is 0 Å². The SMILES string of the molecule is N#C/C(=C\c1ccc(Cc2ccccc2Br)c(Br)c1)C(=O)Nc1cccc(Cl)c1. The third-order valence-electron chi connectivity index (χ3n) is 4.17. The summed E-state index contributed by atoms with van der Waals surface area (Å²) in [7, 11) is 0. The number of hydrogen-bond donors (Lipinski definition) is 1. The van der Waals surface area contributed by atoms with Crippen molar-refractivity contribution < 1.29 is 4.79 Å². The smallest absolute Gasteiger partial charge is 0.266 e. The molecule has 3 aromatic rings. The first-order chi connectivity index (χ1) is 14.0. The fourth-order valence-electron chi connectivity index (χ4n) is 2.72. The van der Waals surface area contributed by atoms with E-state index in [-0.39, 0.29) is 5.57 Å².